The second kappa shape index (κ2) is 5.40. The number of pyridine rings is 1. The predicted molar refractivity (Wildman–Crippen MR) is 75.9 cm³/mol. The summed E-state index contributed by atoms with van der Waals surface area (Å²) in [6.45, 7) is 2.55. The van der Waals surface area contributed by atoms with Gasteiger partial charge in [-0.05, 0) is 36.2 Å². The minimum atomic E-state index is -3.23. The van der Waals surface area contributed by atoms with Crippen molar-refractivity contribution in [3.05, 3.63) is 53.9 Å². The van der Waals surface area contributed by atoms with Crippen LogP contribution in [-0.2, 0) is 16.4 Å². The number of hydrogen-bond donors (Lipinski definition) is 1. The molecular formula is C14H16N2O2S. The number of benzene rings is 1. The molecule has 2 rings (SSSR count). The molecule has 1 N–H and O–H groups in total. The van der Waals surface area contributed by atoms with Crippen molar-refractivity contribution in [2.45, 2.75) is 18.4 Å². The molecular weight excluding hydrogens is 260 g/mol. The molecule has 0 unspecified atom stereocenters. The number of para-hydroxylation sites is 1. The Balaban J connectivity index is 2.24. The Labute approximate surface area is 113 Å². The van der Waals surface area contributed by atoms with Crippen molar-refractivity contribution in [2.75, 3.05) is 11.6 Å². The van der Waals surface area contributed by atoms with Gasteiger partial charge in [0.1, 0.15) is 0 Å². The molecule has 0 aliphatic heterocycles. The molecule has 0 spiro atoms. The molecule has 19 heavy (non-hydrogen) atoms. The summed E-state index contributed by atoms with van der Waals surface area (Å²) >= 11 is 0. The minimum absolute atomic E-state index is 0.316. The van der Waals surface area contributed by atoms with E-state index < -0.39 is 9.84 Å². The molecule has 0 saturated heterocycles. The Bertz CT molecular complexity index is 681. The lowest BCUT2D eigenvalue weighted by atomic mass is 10.1. The maximum atomic E-state index is 11.7. The summed E-state index contributed by atoms with van der Waals surface area (Å²) in [4.78, 5) is 4.39. The smallest absolute Gasteiger partial charge is 0.177 e. The zero-order chi connectivity index (χ0) is 13.9. The van der Waals surface area contributed by atoms with E-state index in [4.69, 9.17) is 0 Å². The standard InChI is InChI=1S/C14H16N2O2S/c1-11-7-8-15-9-12(11)10-16-13-5-3-4-6-14(13)19(2,17)18/h3-9,16H,10H2,1-2H3. The number of hydrogen-bond acceptors (Lipinski definition) is 4. The van der Waals surface area contributed by atoms with E-state index in [2.05, 4.69) is 10.3 Å². The molecule has 4 nitrogen and oxygen atoms in total. The average molecular weight is 276 g/mol. The summed E-state index contributed by atoms with van der Waals surface area (Å²) in [5.41, 5.74) is 2.79. The summed E-state index contributed by atoms with van der Waals surface area (Å²) in [7, 11) is -3.23. The number of nitrogens with zero attached hydrogens (tertiary/aromatic N) is 1. The molecule has 100 valence electrons. The van der Waals surface area contributed by atoms with Crippen molar-refractivity contribution in [1.82, 2.24) is 4.98 Å². The lowest BCUT2D eigenvalue weighted by molar-refractivity contribution is 0.602. The van der Waals surface area contributed by atoms with Gasteiger partial charge in [-0.3, -0.25) is 4.98 Å². The first-order chi connectivity index (χ1) is 8.98. The van der Waals surface area contributed by atoms with Crippen LogP contribution in [0.4, 0.5) is 5.69 Å². The third-order valence-electron chi connectivity index (χ3n) is 2.90. The topological polar surface area (TPSA) is 59.1 Å². The Morgan fingerprint density at radius 1 is 1.21 bits per heavy atom. The largest absolute Gasteiger partial charge is 0.380 e. The van der Waals surface area contributed by atoms with E-state index in [1.54, 1.807) is 30.6 Å². The lowest BCUT2D eigenvalue weighted by Gasteiger charge is -2.11. The summed E-state index contributed by atoms with van der Waals surface area (Å²) in [5, 5.41) is 3.16. The van der Waals surface area contributed by atoms with Crippen molar-refractivity contribution in [2.24, 2.45) is 0 Å². The van der Waals surface area contributed by atoms with Crippen LogP contribution in [0.25, 0.3) is 0 Å². The van der Waals surface area contributed by atoms with E-state index in [0.29, 0.717) is 17.1 Å². The number of anilines is 1. The van der Waals surface area contributed by atoms with E-state index in [1.165, 1.54) is 6.26 Å². The number of aromatic nitrogens is 1. The van der Waals surface area contributed by atoms with Crippen molar-refractivity contribution >= 4 is 15.5 Å². The average Bonchev–Trinajstić information content (AvgIpc) is 2.37. The van der Waals surface area contributed by atoms with Gasteiger partial charge >= 0.3 is 0 Å². The molecule has 0 amide bonds. The highest BCUT2D eigenvalue weighted by Gasteiger charge is 2.12. The summed E-state index contributed by atoms with van der Waals surface area (Å²) in [6, 6.07) is 8.83. The quantitative estimate of drug-likeness (QED) is 0.931. The molecule has 2 aromatic rings. The summed E-state index contributed by atoms with van der Waals surface area (Å²) in [6.07, 6.45) is 4.73. The Hall–Kier alpha value is -1.88. The maximum Gasteiger partial charge on any atom is 0.177 e. The highest BCUT2D eigenvalue weighted by molar-refractivity contribution is 7.90. The van der Waals surface area contributed by atoms with E-state index in [9.17, 15) is 8.42 Å². The monoisotopic (exact) mass is 276 g/mol. The van der Waals surface area contributed by atoms with Gasteiger partial charge in [-0.1, -0.05) is 12.1 Å². The first kappa shape index (κ1) is 13.5. The molecule has 0 saturated carbocycles. The Morgan fingerprint density at radius 3 is 2.63 bits per heavy atom. The van der Waals surface area contributed by atoms with Gasteiger partial charge in [-0.2, -0.15) is 0 Å². The van der Waals surface area contributed by atoms with Gasteiger partial charge in [0.15, 0.2) is 9.84 Å². The second-order valence-corrected chi connectivity index (χ2v) is 6.41. The van der Waals surface area contributed by atoms with Gasteiger partial charge in [-0.15, -0.1) is 0 Å². The van der Waals surface area contributed by atoms with Crippen LogP contribution in [0.2, 0.25) is 0 Å². The van der Waals surface area contributed by atoms with Crippen LogP contribution in [0.1, 0.15) is 11.1 Å². The lowest BCUT2D eigenvalue weighted by Crippen LogP contribution is -2.07. The minimum Gasteiger partial charge on any atom is -0.380 e. The molecule has 0 aliphatic rings. The molecule has 5 heteroatoms. The molecule has 0 bridgehead atoms. The Morgan fingerprint density at radius 2 is 1.95 bits per heavy atom. The molecule has 0 atom stereocenters. The van der Waals surface area contributed by atoms with E-state index in [-0.39, 0.29) is 0 Å². The van der Waals surface area contributed by atoms with Gasteiger partial charge in [0, 0.05) is 25.2 Å². The van der Waals surface area contributed by atoms with Crippen LogP contribution in [-0.4, -0.2) is 19.7 Å². The summed E-state index contributed by atoms with van der Waals surface area (Å²) < 4.78 is 23.4. The third-order valence-corrected chi connectivity index (χ3v) is 4.06. The number of nitrogens with one attached hydrogen (secondary N) is 1. The fraction of sp³-hybridized carbons (Fsp3) is 0.214. The van der Waals surface area contributed by atoms with Crippen molar-refractivity contribution in [3.8, 4) is 0 Å². The fourth-order valence-electron chi connectivity index (χ4n) is 1.81. The van der Waals surface area contributed by atoms with E-state index in [0.717, 1.165) is 11.1 Å². The van der Waals surface area contributed by atoms with E-state index in [1.807, 2.05) is 19.1 Å². The van der Waals surface area contributed by atoms with Crippen LogP contribution in [0.3, 0.4) is 0 Å². The number of aryl methyl sites for hydroxylation is 1. The van der Waals surface area contributed by atoms with Crippen molar-refractivity contribution < 1.29 is 8.42 Å². The van der Waals surface area contributed by atoms with Gasteiger partial charge in [0.25, 0.3) is 0 Å². The SMILES string of the molecule is Cc1ccncc1CNc1ccccc1S(C)(=O)=O. The molecule has 0 radical (unpaired) electrons. The number of sulfone groups is 1. The molecule has 1 heterocycles. The molecule has 1 aromatic carbocycles. The van der Waals surface area contributed by atoms with Crippen LogP contribution in [0.5, 0.6) is 0 Å². The van der Waals surface area contributed by atoms with E-state index >= 15 is 0 Å². The van der Waals surface area contributed by atoms with Crippen LogP contribution in [0.15, 0.2) is 47.6 Å². The highest BCUT2D eigenvalue weighted by atomic mass is 32.2. The molecule has 1 aromatic heterocycles. The molecule has 0 aliphatic carbocycles. The Kier molecular flexibility index (Phi) is 3.85. The predicted octanol–water partition coefficient (Wildman–Crippen LogP) is 2.41. The van der Waals surface area contributed by atoms with Gasteiger partial charge in [-0.25, -0.2) is 8.42 Å². The van der Waals surface area contributed by atoms with Gasteiger partial charge in [0.05, 0.1) is 10.6 Å². The summed E-state index contributed by atoms with van der Waals surface area (Å²) in [5.74, 6) is 0. The second-order valence-electron chi connectivity index (χ2n) is 4.42. The third kappa shape index (κ3) is 3.32. The zero-order valence-electron chi connectivity index (χ0n) is 10.9. The van der Waals surface area contributed by atoms with Gasteiger partial charge < -0.3 is 5.32 Å². The first-order valence-corrected chi connectivity index (χ1v) is 7.80. The number of rotatable bonds is 4. The van der Waals surface area contributed by atoms with Crippen molar-refractivity contribution in [3.63, 3.8) is 0 Å². The molecule has 0 fully saturated rings. The van der Waals surface area contributed by atoms with Crippen LogP contribution in [0, 0.1) is 6.92 Å². The highest BCUT2D eigenvalue weighted by Crippen LogP contribution is 2.21. The van der Waals surface area contributed by atoms with Gasteiger partial charge in [0.2, 0.25) is 0 Å². The first-order valence-electron chi connectivity index (χ1n) is 5.91. The van der Waals surface area contributed by atoms with Crippen LogP contribution >= 0.6 is 0 Å². The van der Waals surface area contributed by atoms with Crippen molar-refractivity contribution in [1.29, 1.82) is 0 Å². The van der Waals surface area contributed by atoms with Crippen LogP contribution < -0.4 is 5.32 Å². The fourth-order valence-corrected chi connectivity index (χ4v) is 2.67. The zero-order valence-corrected chi connectivity index (χ0v) is 11.7. The normalized spacial score (nSPS) is 11.3. The maximum absolute atomic E-state index is 11.7.